The number of hydrogen-bond acceptors (Lipinski definition) is 5. The van der Waals surface area contributed by atoms with E-state index in [2.05, 4.69) is 15.5 Å². The van der Waals surface area contributed by atoms with E-state index in [0.717, 1.165) is 18.4 Å². The number of carbonyl (C=O) groups excluding carboxylic acids is 1. The number of halogens is 1. The predicted molar refractivity (Wildman–Crippen MR) is 104 cm³/mol. The van der Waals surface area contributed by atoms with Crippen LogP contribution in [-0.2, 0) is 11.8 Å². The van der Waals surface area contributed by atoms with Crippen LogP contribution in [0, 0.1) is 0 Å². The molecular weight excluding hydrogens is 372 g/mol. The van der Waals surface area contributed by atoms with Crippen LogP contribution >= 0.6 is 23.4 Å². The molecule has 3 rings (SSSR count). The zero-order valence-electron chi connectivity index (χ0n) is 15.0. The highest BCUT2D eigenvalue weighted by Crippen LogP contribution is 2.32. The van der Waals surface area contributed by atoms with E-state index in [-0.39, 0.29) is 5.91 Å². The Kier molecular flexibility index (Phi) is 6.43. The van der Waals surface area contributed by atoms with E-state index in [9.17, 15) is 4.79 Å². The first-order valence-corrected chi connectivity index (χ1v) is 10.1. The Bertz CT molecular complexity index is 775. The van der Waals surface area contributed by atoms with Gasteiger partial charge < -0.3 is 14.6 Å². The summed E-state index contributed by atoms with van der Waals surface area (Å²) in [6.45, 7) is 0. The summed E-state index contributed by atoms with van der Waals surface area (Å²) in [5.74, 6) is 1.71. The lowest BCUT2D eigenvalue weighted by atomic mass is 9.95. The minimum atomic E-state index is 0.0480. The summed E-state index contributed by atoms with van der Waals surface area (Å²) >= 11 is 7.49. The summed E-state index contributed by atoms with van der Waals surface area (Å²) < 4.78 is 7.24. The Morgan fingerprint density at radius 1 is 1.35 bits per heavy atom. The normalized spacial score (nSPS) is 15.0. The van der Waals surface area contributed by atoms with Crippen molar-refractivity contribution in [3.05, 3.63) is 23.2 Å². The van der Waals surface area contributed by atoms with Crippen LogP contribution in [0.2, 0.25) is 5.02 Å². The van der Waals surface area contributed by atoms with Crippen molar-refractivity contribution >= 4 is 29.3 Å². The molecule has 0 aliphatic heterocycles. The second kappa shape index (κ2) is 8.77. The summed E-state index contributed by atoms with van der Waals surface area (Å²) in [5, 5.41) is 12.9. The van der Waals surface area contributed by atoms with Gasteiger partial charge in [0.05, 0.1) is 18.4 Å². The van der Waals surface area contributed by atoms with E-state index >= 15 is 0 Å². The topological polar surface area (TPSA) is 69.0 Å². The van der Waals surface area contributed by atoms with Crippen LogP contribution in [0.3, 0.4) is 0 Å². The zero-order chi connectivity index (χ0) is 18.5. The molecule has 1 fully saturated rings. The number of thioether (sulfide) groups is 1. The fourth-order valence-electron chi connectivity index (χ4n) is 3.18. The largest absolute Gasteiger partial charge is 0.496 e. The van der Waals surface area contributed by atoms with Crippen molar-refractivity contribution in [2.45, 2.75) is 43.3 Å². The van der Waals surface area contributed by atoms with Gasteiger partial charge in [0.25, 0.3) is 0 Å². The minimum absolute atomic E-state index is 0.0480. The average molecular weight is 395 g/mol. The van der Waals surface area contributed by atoms with Crippen molar-refractivity contribution in [1.82, 2.24) is 20.1 Å². The Labute approximate surface area is 162 Å². The summed E-state index contributed by atoms with van der Waals surface area (Å²) in [6.07, 6.45) is 5.84. The van der Waals surface area contributed by atoms with Crippen LogP contribution in [-0.4, -0.2) is 39.6 Å². The quantitative estimate of drug-likeness (QED) is 0.757. The molecule has 8 heteroatoms. The third kappa shape index (κ3) is 4.51. The third-order valence-electron chi connectivity index (χ3n) is 4.54. The molecule has 0 bridgehead atoms. The van der Waals surface area contributed by atoms with E-state index < -0.39 is 0 Å². The van der Waals surface area contributed by atoms with Gasteiger partial charge in [0.1, 0.15) is 5.75 Å². The number of nitrogens with one attached hydrogen (secondary N) is 1. The van der Waals surface area contributed by atoms with Gasteiger partial charge in [-0.1, -0.05) is 42.6 Å². The number of methoxy groups -OCH3 is 1. The van der Waals surface area contributed by atoms with Crippen LogP contribution < -0.4 is 10.1 Å². The molecule has 1 heterocycles. The fourth-order valence-corrected chi connectivity index (χ4v) is 4.07. The molecule has 1 aliphatic carbocycles. The predicted octanol–water partition coefficient (Wildman–Crippen LogP) is 3.69. The monoisotopic (exact) mass is 394 g/mol. The second-order valence-corrected chi connectivity index (χ2v) is 7.78. The number of aromatic nitrogens is 3. The van der Waals surface area contributed by atoms with Gasteiger partial charge in [-0.05, 0) is 31.0 Å². The maximum Gasteiger partial charge on any atom is 0.230 e. The molecular formula is C18H23ClN4O2S. The van der Waals surface area contributed by atoms with E-state index in [4.69, 9.17) is 16.3 Å². The van der Waals surface area contributed by atoms with E-state index in [0.29, 0.717) is 33.5 Å². The van der Waals surface area contributed by atoms with Crippen LogP contribution in [0.25, 0.3) is 11.4 Å². The lowest BCUT2D eigenvalue weighted by molar-refractivity contribution is -0.119. The van der Waals surface area contributed by atoms with Gasteiger partial charge in [0.2, 0.25) is 5.91 Å². The minimum Gasteiger partial charge on any atom is -0.496 e. The van der Waals surface area contributed by atoms with Gasteiger partial charge in [-0.15, -0.1) is 10.2 Å². The molecule has 1 amide bonds. The van der Waals surface area contributed by atoms with Gasteiger partial charge in [-0.25, -0.2) is 0 Å². The fraction of sp³-hybridized carbons (Fsp3) is 0.500. The summed E-state index contributed by atoms with van der Waals surface area (Å²) in [5.41, 5.74) is 0.772. The molecule has 140 valence electrons. The molecule has 1 aliphatic rings. The molecule has 2 aromatic rings. The van der Waals surface area contributed by atoms with Gasteiger partial charge in [-0.2, -0.15) is 0 Å². The molecule has 1 aromatic carbocycles. The summed E-state index contributed by atoms with van der Waals surface area (Å²) in [4.78, 5) is 12.2. The molecule has 0 unspecified atom stereocenters. The van der Waals surface area contributed by atoms with E-state index in [1.807, 2.05) is 11.6 Å². The number of nitrogens with zero attached hydrogens (tertiary/aromatic N) is 3. The average Bonchev–Trinajstić information content (AvgIpc) is 3.01. The highest BCUT2D eigenvalue weighted by Gasteiger charge is 2.18. The molecule has 6 nitrogen and oxygen atoms in total. The van der Waals surface area contributed by atoms with Crippen LogP contribution in [0.5, 0.6) is 5.75 Å². The van der Waals surface area contributed by atoms with Crippen molar-refractivity contribution in [2.24, 2.45) is 7.05 Å². The third-order valence-corrected chi connectivity index (χ3v) is 5.80. The van der Waals surface area contributed by atoms with Gasteiger partial charge in [0.15, 0.2) is 11.0 Å². The summed E-state index contributed by atoms with van der Waals surface area (Å²) in [7, 11) is 3.48. The number of rotatable bonds is 6. The molecule has 1 N–H and O–H groups in total. The van der Waals surface area contributed by atoms with Crippen molar-refractivity contribution in [3.8, 4) is 17.1 Å². The van der Waals surface area contributed by atoms with Crippen molar-refractivity contribution in [3.63, 3.8) is 0 Å². The number of hydrogen-bond donors (Lipinski definition) is 1. The number of amides is 1. The molecule has 0 saturated heterocycles. The molecule has 1 aromatic heterocycles. The maximum absolute atomic E-state index is 12.2. The first-order valence-electron chi connectivity index (χ1n) is 8.74. The Morgan fingerprint density at radius 2 is 2.12 bits per heavy atom. The Hall–Kier alpha value is -1.73. The van der Waals surface area contributed by atoms with Crippen LogP contribution in [0.4, 0.5) is 0 Å². The first kappa shape index (κ1) is 19.0. The highest BCUT2D eigenvalue weighted by atomic mass is 35.5. The van der Waals surface area contributed by atoms with E-state index in [1.54, 1.807) is 25.3 Å². The second-order valence-electron chi connectivity index (χ2n) is 6.40. The molecule has 1 saturated carbocycles. The molecule has 0 spiro atoms. The van der Waals surface area contributed by atoms with Gasteiger partial charge >= 0.3 is 0 Å². The van der Waals surface area contributed by atoms with Crippen molar-refractivity contribution in [1.29, 1.82) is 0 Å². The lowest BCUT2D eigenvalue weighted by Crippen LogP contribution is -2.37. The zero-order valence-corrected chi connectivity index (χ0v) is 16.6. The van der Waals surface area contributed by atoms with Crippen molar-refractivity contribution < 1.29 is 9.53 Å². The number of benzene rings is 1. The van der Waals surface area contributed by atoms with Crippen LogP contribution in [0.15, 0.2) is 23.4 Å². The SMILES string of the molecule is COc1ccc(Cl)cc1-c1nnc(SCC(=O)NC2CCCCC2)n1C. The smallest absolute Gasteiger partial charge is 0.230 e. The van der Waals surface area contributed by atoms with Crippen LogP contribution in [0.1, 0.15) is 32.1 Å². The number of ether oxygens (including phenoxy) is 1. The van der Waals surface area contributed by atoms with E-state index in [1.165, 1.54) is 31.0 Å². The standard InChI is InChI=1S/C18H23ClN4O2S/c1-23-17(14-10-12(19)8-9-15(14)25-2)21-22-18(23)26-11-16(24)20-13-6-4-3-5-7-13/h8-10,13H,3-7,11H2,1-2H3,(H,20,24). The van der Waals surface area contributed by atoms with Gasteiger partial charge in [-0.3, -0.25) is 4.79 Å². The first-order chi connectivity index (χ1) is 12.6. The maximum atomic E-state index is 12.2. The highest BCUT2D eigenvalue weighted by molar-refractivity contribution is 7.99. The summed E-state index contributed by atoms with van der Waals surface area (Å²) in [6, 6.07) is 5.69. The van der Waals surface area contributed by atoms with Crippen molar-refractivity contribution in [2.75, 3.05) is 12.9 Å². The molecule has 0 atom stereocenters. The number of carbonyl (C=O) groups is 1. The molecule has 0 radical (unpaired) electrons. The molecule has 26 heavy (non-hydrogen) atoms. The van der Waals surface area contributed by atoms with Gasteiger partial charge in [0, 0.05) is 18.1 Å². The Morgan fingerprint density at radius 3 is 2.85 bits per heavy atom. The Balaban J connectivity index is 1.66. The lowest BCUT2D eigenvalue weighted by Gasteiger charge is -2.22.